The molecule has 4 radical (unpaired) electrons. The van der Waals surface area contributed by atoms with E-state index in [-0.39, 0.29) is 0 Å². The summed E-state index contributed by atoms with van der Waals surface area (Å²) in [6.07, 6.45) is 8.06. The molecule has 0 aromatic carbocycles. The molecule has 1 aliphatic rings. The highest BCUT2D eigenvalue weighted by atomic mass is 14.1. The van der Waals surface area contributed by atoms with Gasteiger partial charge >= 0.3 is 0 Å². The molecule has 1 saturated carbocycles. The molecule has 1 fully saturated rings. The number of rotatable bonds is 0. The van der Waals surface area contributed by atoms with E-state index in [0.29, 0.717) is 0 Å². The van der Waals surface area contributed by atoms with Gasteiger partial charge in [0.25, 0.3) is 0 Å². The summed E-state index contributed by atoms with van der Waals surface area (Å²) in [6, 6.07) is 0. The fourth-order valence-electron chi connectivity index (χ4n) is 0.640. The van der Waals surface area contributed by atoms with Gasteiger partial charge in [0.05, 0.1) is 0 Å². The summed E-state index contributed by atoms with van der Waals surface area (Å²) in [7, 11) is 0. The van der Waals surface area contributed by atoms with Crippen molar-refractivity contribution in [1.29, 1.82) is 0 Å². The van der Waals surface area contributed by atoms with Crippen molar-refractivity contribution in [2.45, 2.75) is 12.8 Å². The SMILES string of the molecule is C=C1[C]CC[C]C1=C. The molecule has 0 spiro atoms. The van der Waals surface area contributed by atoms with Crippen molar-refractivity contribution in [1.82, 2.24) is 0 Å². The number of allylic oxidation sites excluding steroid dienone is 2. The zero-order chi connectivity index (χ0) is 5.98. The molecule has 0 N–H and O–H groups in total. The molecule has 0 aromatic rings. The van der Waals surface area contributed by atoms with E-state index < -0.39 is 0 Å². The van der Waals surface area contributed by atoms with Crippen LogP contribution in [0.15, 0.2) is 24.3 Å². The second-order valence-corrected chi connectivity index (χ2v) is 1.81. The van der Waals surface area contributed by atoms with E-state index in [9.17, 15) is 0 Å². The molecule has 0 nitrogen and oxygen atoms in total. The van der Waals surface area contributed by atoms with Crippen LogP contribution in [0.5, 0.6) is 0 Å². The highest BCUT2D eigenvalue weighted by Gasteiger charge is 2.07. The first-order valence-corrected chi connectivity index (χ1v) is 2.66. The van der Waals surface area contributed by atoms with Gasteiger partial charge in [-0.2, -0.15) is 0 Å². The van der Waals surface area contributed by atoms with E-state index in [1.807, 2.05) is 0 Å². The van der Waals surface area contributed by atoms with Crippen molar-refractivity contribution < 1.29 is 0 Å². The van der Waals surface area contributed by atoms with Crippen LogP contribution in [-0.2, 0) is 0 Å². The lowest BCUT2D eigenvalue weighted by molar-refractivity contribution is 0.897. The Kier molecular flexibility index (Phi) is 1.52. The van der Waals surface area contributed by atoms with Gasteiger partial charge in [-0.1, -0.05) is 13.2 Å². The molecule has 0 amide bonds. The van der Waals surface area contributed by atoms with Crippen LogP contribution in [0.4, 0.5) is 0 Å². The van der Waals surface area contributed by atoms with Gasteiger partial charge in [0, 0.05) is 12.8 Å². The molecule has 0 saturated heterocycles. The maximum atomic E-state index is 3.72. The zero-order valence-electron chi connectivity index (χ0n) is 4.83. The lowest BCUT2D eigenvalue weighted by Crippen LogP contribution is -1.96. The highest BCUT2D eigenvalue weighted by molar-refractivity contribution is 5.40. The molecule has 0 atom stereocenters. The average molecular weight is 104 g/mol. The van der Waals surface area contributed by atoms with Crippen molar-refractivity contribution in [3.63, 3.8) is 0 Å². The standard InChI is InChI=1S/C8H8/c1-7-5-3-4-6-8(7)2/h1-4H2. The molecule has 0 aliphatic heterocycles. The van der Waals surface area contributed by atoms with Gasteiger partial charge in [0.15, 0.2) is 0 Å². The molecule has 0 unspecified atom stereocenters. The Morgan fingerprint density at radius 1 is 1.00 bits per heavy atom. The van der Waals surface area contributed by atoms with E-state index in [1.54, 1.807) is 0 Å². The molecule has 0 heterocycles. The first-order valence-electron chi connectivity index (χ1n) is 2.66. The van der Waals surface area contributed by atoms with Gasteiger partial charge in [0.2, 0.25) is 0 Å². The van der Waals surface area contributed by atoms with Gasteiger partial charge < -0.3 is 0 Å². The van der Waals surface area contributed by atoms with Crippen LogP contribution in [0.3, 0.4) is 0 Å². The molecule has 1 aliphatic carbocycles. The summed E-state index contributed by atoms with van der Waals surface area (Å²) < 4.78 is 0. The van der Waals surface area contributed by atoms with Crippen LogP contribution in [0.1, 0.15) is 12.8 Å². The van der Waals surface area contributed by atoms with Crippen LogP contribution in [0, 0.1) is 12.8 Å². The third kappa shape index (κ3) is 1.00. The van der Waals surface area contributed by atoms with Crippen LogP contribution >= 0.6 is 0 Å². The van der Waals surface area contributed by atoms with Crippen molar-refractivity contribution in [3.8, 4) is 0 Å². The van der Waals surface area contributed by atoms with Gasteiger partial charge in [-0.15, -0.1) is 0 Å². The van der Waals surface area contributed by atoms with Crippen molar-refractivity contribution in [3.05, 3.63) is 37.1 Å². The zero-order valence-corrected chi connectivity index (χ0v) is 4.83. The summed E-state index contributed by atoms with van der Waals surface area (Å²) >= 11 is 0. The Morgan fingerprint density at radius 2 is 1.38 bits per heavy atom. The van der Waals surface area contributed by atoms with Gasteiger partial charge in [-0.3, -0.25) is 0 Å². The predicted molar refractivity (Wildman–Crippen MR) is 34.0 cm³/mol. The number of hydrogen-bond acceptors (Lipinski definition) is 0. The molecule has 8 heavy (non-hydrogen) atoms. The predicted octanol–water partition coefficient (Wildman–Crippen LogP) is 2.06. The first kappa shape index (κ1) is 5.61. The lowest BCUT2D eigenvalue weighted by atomic mass is 9.92. The first-order chi connectivity index (χ1) is 3.80. The van der Waals surface area contributed by atoms with Crippen molar-refractivity contribution >= 4 is 0 Å². The number of hydrogen-bond donors (Lipinski definition) is 0. The highest BCUT2D eigenvalue weighted by Crippen LogP contribution is 2.23. The quantitative estimate of drug-likeness (QED) is 0.441. The van der Waals surface area contributed by atoms with Crippen LogP contribution < -0.4 is 0 Å². The smallest absolute Gasteiger partial charge is 0.0161 e. The minimum Gasteiger partial charge on any atom is -0.0949 e. The summed E-state index contributed by atoms with van der Waals surface area (Å²) in [6.45, 7) is 7.44. The average Bonchev–Trinajstić information content (AvgIpc) is 1.77. The Bertz CT molecular complexity index is 104. The van der Waals surface area contributed by atoms with Gasteiger partial charge in [0.1, 0.15) is 0 Å². The Hall–Kier alpha value is -0.520. The fourth-order valence-corrected chi connectivity index (χ4v) is 0.640. The molecular formula is C8H8. The second kappa shape index (κ2) is 2.17. The minimum atomic E-state index is 0.913. The largest absolute Gasteiger partial charge is 0.0949 e. The van der Waals surface area contributed by atoms with Crippen LogP contribution in [0.2, 0.25) is 0 Å². The minimum absolute atomic E-state index is 0.913. The molecule has 0 bridgehead atoms. The van der Waals surface area contributed by atoms with E-state index in [0.717, 1.165) is 24.0 Å². The van der Waals surface area contributed by atoms with Crippen LogP contribution in [0.25, 0.3) is 0 Å². The third-order valence-electron chi connectivity index (χ3n) is 1.17. The van der Waals surface area contributed by atoms with Gasteiger partial charge in [-0.25, -0.2) is 0 Å². The second-order valence-electron chi connectivity index (χ2n) is 1.81. The van der Waals surface area contributed by atoms with Crippen molar-refractivity contribution in [2.75, 3.05) is 0 Å². The monoisotopic (exact) mass is 104 g/mol. The molecule has 40 valence electrons. The van der Waals surface area contributed by atoms with Gasteiger partial charge in [-0.05, 0) is 24.0 Å². The Labute approximate surface area is 50.9 Å². The van der Waals surface area contributed by atoms with E-state index in [4.69, 9.17) is 0 Å². The Balaban J connectivity index is 2.52. The molecule has 0 aromatic heterocycles. The fraction of sp³-hybridized carbons (Fsp3) is 0.250. The maximum Gasteiger partial charge on any atom is 0.0161 e. The summed E-state index contributed by atoms with van der Waals surface area (Å²) in [4.78, 5) is 0. The summed E-state index contributed by atoms with van der Waals surface area (Å²) in [5, 5.41) is 0. The third-order valence-corrected chi connectivity index (χ3v) is 1.17. The van der Waals surface area contributed by atoms with E-state index in [2.05, 4.69) is 26.0 Å². The molecule has 1 rings (SSSR count). The normalized spacial score (nSPS) is 21.5. The topological polar surface area (TPSA) is 0 Å². The van der Waals surface area contributed by atoms with Crippen LogP contribution in [-0.4, -0.2) is 0 Å². The van der Waals surface area contributed by atoms with E-state index >= 15 is 0 Å². The Morgan fingerprint density at radius 3 is 1.62 bits per heavy atom. The molecule has 0 heteroatoms. The molecular weight excluding hydrogens is 96.1 g/mol. The summed E-state index contributed by atoms with van der Waals surface area (Å²) in [5.41, 5.74) is 1.83. The maximum absolute atomic E-state index is 3.72. The lowest BCUT2D eigenvalue weighted by Gasteiger charge is -2.12. The van der Waals surface area contributed by atoms with Crippen molar-refractivity contribution in [2.24, 2.45) is 0 Å². The summed E-state index contributed by atoms with van der Waals surface area (Å²) in [5.74, 6) is 0. The van der Waals surface area contributed by atoms with E-state index in [1.165, 1.54) is 0 Å².